The van der Waals surface area contributed by atoms with Crippen LogP contribution in [0.15, 0.2) is 55.0 Å². The predicted molar refractivity (Wildman–Crippen MR) is 88.8 cm³/mol. The van der Waals surface area contributed by atoms with Gasteiger partial charge in [-0.1, -0.05) is 0 Å². The molecule has 3 aromatic heterocycles. The minimum absolute atomic E-state index is 0.300. The first kappa shape index (κ1) is 14.6. The second-order valence-electron chi connectivity index (χ2n) is 5.65. The summed E-state index contributed by atoms with van der Waals surface area (Å²) in [5.41, 5.74) is 4.60. The number of aromatic nitrogens is 4. The van der Waals surface area contributed by atoms with Crippen LogP contribution < -0.4 is 0 Å². The van der Waals surface area contributed by atoms with Crippen LogP contribution in [0.3, 0.4) is 0 Å². The van der Waals surface area contributed by atoms with Crippen molar-refractivity contribution in [1.29, 1.82) is 0 Å². The van der Waals surface area contributed by atoms with Gasteiger partial charge in [-0.2, -0.15) is 5.10 Å². The number of pyridine rings is 1. The van der Waals surface area contributed by atoms with Crippen molar-refractivity contribution < 1.29 is 9.50 Å². The Labute approximate surface area is 137 Å². The van der Waals surface area contributed by atoms with Gasteiger partial charge in [0.2, 0.25) is 0 Å². The molecule has 0 spiro atoms. The highest BCUT2D eigenvalue weighted by Crippen LogP contribution is 2.35. The number of hydrogen-bond donors (Lipinski definition) is 2. The highest BCUT2D eigenvalue weighted by molar-refractivity contribution is 5.83. The Morgan fingerprint density at radius 3 is 2.62 bits per heavy atom. The van der Waals surface area contributed by atoms with E-state index in [4.69, 9.17) is 0 Å². The Morgan fingerprint density at radius 2 is 1.88 bits per heavy atom. The molecule has 0 fully saturated rings. The number of aromatic amines is 1. The van der Waals surface area contributed by atoms with Crippen LogP contribution in [0.5, 0.6) is 0 Å². The molecule has 4 aromatic rings. The van der Waals surface area contributed by atoms with Crippen LogP contribution in [0.1, 0.15) is 18.7 Å². The summed E-state index contributed by atoms with van der Waals surface area (Å²) in [6.07, 6.45) is 4.82. The number of rotatable bonds is 3. The Hall–Kier alpha value is -2.99. The van der Waals surface area contributed by atoms with Crippen LogP contribution in [0.25, 0.3) is 28.0 Å². The zero-order valence-electron chi connectivity index (χ0n) is 12.9. The molecule has 24 heavy (non-hydrogen) atoms. The van der Waals surface area contributed by atoms with Gasteiger partial charge in [0.15, 0.2) is 0 Å². The molecule has 0 aliphatic rings. The molecule has 0 saturated carbocycles. The lowest BCUT2D eigenvalue weighted by Gasteiger charge is -2.09. The molecule has 1 atom stereocenters. The highest BCUT2D eigenvalue weighted by atomic mass is 19.1. The van der Waals surface area contributed by atoms with Crippen LogP contribution in [-0.2, 0) is 0 Å². The van der Waals surface area contributed by atoms with E-state index >= 15 is 0 Å². The summed E-state index contributed by atoms with van der Waals surface area (Å²) in [6, 6.07) is 9.99. The Morgan fingerprint density at radius 1 is 1.12 bits per heavy atom. The van der Waals surface area contributed by atoms with E-state index in [0.717, 1.165) is 22.3 Å². The fraction of sp³-hybridized carbons (Fsp3) is 0.111. The Kier molecular flexibility index (Phi) is 3.39. The lowest BCUT2D eigenvalue weighted by atomic mass is 9.98. The predicted octanol–water partition coefficient (Wildman–Crippen LogP) is 3.58. The van der Waals surface area contributed by atoms with Gasteiger partial charge in [0.05, 0.1) is 11.8 Å². The molecule has 0 aliphatic heterocycles. The molecule has 0 amide bonds. The molecular weight excluding hydrogens is 307 g/mol. The molecule has 1 unspecified atom stereocenters. The second-order valence-corrected chi connectivity index (χ2v) is 5.65. The van der Waals surface area contributed by atoms with Gasteiger partial charge in [0.25, 0.3) is 0 Å². The minimum Gasteiger partial charge on any atom is -0.387 e. The molecule has 0 radical (unpaired) electrons. The van der Waals surface area contributed by atoms with Crippen molar-refractivity contribution in [3.8, 4) is 22.4 Å². The maximum Gasteiger partial charge on any atom is 0.136 e. The lowest BCUT2D eigenvalue weighted by molar-refractivity contribution is 0.195. The van der Waals surface area contributed by atoms with E-state index in [1.807, 2.05) is 28.9 Å². The number of fused-ring (bicyclic) bond motifs is 1. The third-order valence-electron chi connectivity index (χ3n) is 4.01. The third-order valence-corrected chi connectivity index (χ3v) is 4.01. The van der Waals surface area contributed by atoms with Crippen molar-refractivity contribution >= 4 is 5.65 Å². The van der Waals surface area contributed by atoms with E-state index in [1.54, 1.807) is 25.3 Å². The molecule has 0 bridgehead atoms. The Bertz CT molecular complexity index is 1000. The summed E-state index contributed by atoms with van der Waals surface area (Å²) in [4.78, 5) is 4.24. The molecule has 6 heteroatoms. The minimum atomic E-state index is -0.708. The van der Waals surface area contributed by atoms with E-state index in [2.05, 4.69) is 15.2 Å². The summed E-state index contributed by atoms with van der Waals surface area (Å²) in [5, 5.41) is 17.4. The Balaban J connectivity index is 1.94. The zero-order chi connectivity index (χ0) is 16.7. The SMILES string of the molecule is CC(O)c1[nH]nc(-c2ccc(F)cc2)c1-c1ccc2nccn2c1. The fourth-order valence-electron chi connectivity index (χ4n) is 2.83. The molecule has 3 heterocycles. The van der Waals surface area contributed by atoms with E-state index in [0.29, 0.717) is 11.4 Å². The van der Waals surface area contributed by atoms with Gasteiger partial charge in [0.1, 0.15) is 17.2 Å². The number of imidazole rings is 1. The van der Waals surface area contributed by atoms with Crippen LogP contribution in [-0.4, -0.2) is 24.7 Å². The van der Waals surface area contributed by atoms with Gasteiger partial charge < -0.3 is 9.51 Å². The molecule has 0 saturated heterocycles. The van der Waals surface area contributed by atoms with E-state index in [-0.39, 0.29) is 5.82 Å². The quantitative estimate of drug-likeness (QED) is 0.606. The molecule has 5 nitrogen and oxygen atoms in total. The van der Waals surface area contributed by atoms with Gasteiger partial charge in [0, 0.05) is 35.3 Å². The monoisotopic (exact) mass is 322 g/mol. The van der Waals surface area contributed by atoms with Crippen LogP contribution in [0.4, 0.5) is 4.39 Å². The maximum atomic E-state index is 13.2. The first-order valence-electron chi connectivity index (χ1n) is 7.59. The summed E-state index contributed by atoms with van der Waals surface area (Å²) in [7, 11) is 0. The van der Waals surface area contributed by atoms with Gasteiger partial charge in [-0.3, -0.25) is 5.10 Å². The van der Waals surface area contributed by atoms with Crippen molar-refractivity contribution in [3.63, 3.8) is 0 Å². The highest BCUT2D eigenvalue weighted by Gasteiger charge is 2.20. The molecule has 1 aromatic carbocycles. The van der Waals surface area contributed by atoms with E-state index < -0.39 is 6.10 Å². The summed E-state index contributed by atoms with van der Waals surface area (Å²) in [6.45, 7) is 1.68. The number of nitrogens with zero attached hydrogens (tertiary/aromatic N) is 3. The average Bonchev–Trinajstić information content (AvgIpc) is 3.21. The first-order chi connectivity index (χ1) is 11.6. The van der Waals surface area contributed by atoms with E-state index in [1.165, 1.54) is 12.1 Å². The molecular formula is C18H15FN4O. The molecule has 4 rings (SSSR count). The molecule has 120 valence electrons. The number of aliphatic hydroxyl groups is 1. The number of benzene rings is 1. The topological polar surface area (TPSA) is 66.2 Å². The average molecular weight is 322 g/mol. The maximum absolute atomic E-state index is 13.2. The van der Waals surface area contributed by atoms with Gasteiger partial charge in [-0.25, -0.2) is 9.37 Å². The van der Waals surface area contributed by atoms with Crippen molar-refractivity contribution in [3.05, 3.63) is 66.5 Å². The fourth-order valence-corrected chi connectivity index (χ4v) is 2.83. The van der Waals surface area contributed by atoms with Crippen molar-refractivity contribution in [2.45, 2.75) is 13.0 Å². The second kappa shape index (κ2) is 5.58. The normalized spacial score (nSPS) is 12.6. The van der Waals surface area contributed by atoms with Gasteiger partial charge >= 0.3 is 0 Å². The number of H-pyrrole nitrogens is 1. The smallest absolute Gasteiger partial charge is 0.136 e. The van der Waals surface area contributed by atoms with Crippen molar-refractivity contribution in [1.82, 2.24) is 19.6 Å². The standard InChI is InChI=1S/C18H15FN4O/c1-11(24)17-16(13-4-7-15-20-8-9-23(15)10-13)18(22-21-17)12-2-5-14(19)6-3-12/h2-11,24H,1H3,(H,21,22). The first-order valence-corrected chi connectivity index (χ1v) is 7.59. The van der Waals surface area contributed by atoms with Crippen molar-refractivity contribution in [2.24, 2.45) is 0 Å². The molecule has 2 N–H and O–H groups in total. The van der Waals surface area contributed by atoms with Gasteiger partial charge in [-0.15, -0.1) is 0 Å². The lowest BCUT2D eigenvalue weighted by Crippen LogP contribution is -1.95. The van der Waals surface area contributed by atoms with E-state index in [9.17, 15) is 9.50 Å². The summed E-state index contributed by atoms with van der Waals surface area (Å²) >= 11 is 0. The van der Waals surface area contributed by atoms with Crippen LogP contribution in [0, 0.1) is 5.82 Å². The summed E-state index contributed by atoms with van der Waals surface area (Å²) < 4.78 is 15.1. The van der Waals surface area contributed by atoms with Crippen molar-refractivity contribution in [2.75, 3.05) is 0 Å². The number of aliphatic hydroxyl groups excluding tert-OH is 1. The largest absolute Gasteiger partial charge is 0.387 e. The number of nitrogens with one attached hydrogen (secondary N) is 1. The van der Waals surface area contributed by atoms with Gasteiger partial charge in [-0.05, 0) is 43.3 Å². The third kappa shape index (κ3) is 2.37. The van der Waals surface area contributed by atoms with Crippen LogP contribution >= 0.6 is 0 Å². The number of hydrogen-bond acceptors (Lipinski definition) is 3. The zero-order valence-corrected chi connectivity index (χ0v) is 12.9. The molecule has 0 aliphatic carbocycles. The summed E-state index contributed by atoms with van der Waals surface area (Å²) in [5.74, 6) is -0.300. The number of halogens is 1. The van der Waals surface area contributed by atoms with Crippen LogP contribution in [0.2, 0.25) is 0 Å².